The number of hydrogen-bond donors (Lipinski definition) is 1. The Hall–Kier alpha value is -1.26. The van der Waals surface area contributed by atoms with Gasteiger partial charge >= 0.3 is 0 Å². The predicted molar refractivity (Wildman–Crippen MR) is 67.2 cm³/mol. The van der Waals surface area contributed by atoms with Crippen molar-refractivity contribution in [3.8, 4) is 0 Å². The zero-order valence-corrected chi connectivity index (χ0v) is 9.65. The number of nitrogens with two attached hydrogens (primary N) is 1. The molecule has 2 N–H and O–H groups in total. The first kappa shape index (κ1) is 10.3. The molecule has 2 nitrogen and oxygen atoms in total. The smallest absolute Gasteiger partial charge is 0.115 e. The molecule has 0 aliphatic rings. The molecular weight excluding hydrogens is 224 g/mol. The van der Waals surface area contributed by atoms with E-state index in [1.807, 2.05) is 18.2 Å². The number of benzene rings is 1. The van der Waals surface area contributed by atoms with Crippen LogP contribution in [0.3, 0.4) is 0 Å². The van der Waals surface area contributed by atoms with Gasteiger partial charge in [-0.15, -0.1) is 11.3 Å². The quantitative estimate of drug-likeness (QED) is 0.829. The van der Waals surface area contributed by atoms with Crippen molar-refractivity contribution < 1.29 is 0 Å². The van der Waals surface area contributed by atoms with Crippen molar-refractivity contribution in [3.05, 3.63) is 52.0 Å². The zero-order chi connectivity index (χ0) is 10.7. The van der Waals surface area contributed by atoms with Crippen LogP contribution < -0.4 is 5.73 Å². The van der Waals surface area contributed by atoms with Gasteiger partial charge in [-0.05, 0) is 5.56 Å². The summed E-state index contributed by atoms with van der Waals surface area (Å²) >= 11 is 6.45. The lowest BCUT2D eigenvalue weighted by atomic mass is 10.2. The van der Waals surface area contributed by atoms with Gasteiger partial charge in [0.05, 0.1) is 9.88 Å². The van der Waals surface area contributed by atoms with E-state index in [2.05, 4.69) is 17.1 Å². The molecule has 1 aromatic carbocycles. The van der Waals surface area contributed by atoms with Crippen LogP contribution in [-0.2, 0) is 6.42 Å². The molecule has 0 atom stereocenters. The lowest BCUT2D eigenvalue weighted by molar-refractivity contribution is 1.14. The molecular formula is C11H10N2S2. The molecule has 0 aliphatic heterocycles. The summed E-state index contributed by atoms with van der Waals surface area (Å²) in [6.45, 7) is 0. The van der Waals surface area contributed by atoms with Crippen LogP contribution in [0, 0.1) is 0 Å². The van der Waals surface area contributed by atoms with Gasteiger partial charge in [0.25, 0.3) is 0 Å². The van der Waals surface area contributed by atoms with Gasteiger partial charge in [0, 0.05) is 12.6 Å². The van der Waals surface area contributed by atoms with Gasteiger partial charge in [0.1, 0.15) is 4.99 Å². The van der Waals surface area contributed by atoms with E-state index in [1.165, 1.54) is 5.56 Å². The first-order valence-electron chi connectivity index (χ1n) is 4.54. The average Bonchev–Trinajstić information content (AvgIpc) is 2.68. The maximum atomic E-state index is 5.52. The van der Waals surface area contributed by atoms with Crippen molar-refractivity contribution in [1.29, 1.82) is 0 Å². The first-order chi connectivity index (χ1) is 7.25. The average molecular weight is 234 g/mol. The fraction of sp³-hybridized carbons (Fsp3) is 0.0909. The van der Waals surface area contributed by atoms with Crippen molar-refractivity contribution in [1.82, 2.24) is 4.98 Å². The van der Waals surface area contributed by atoms with E-state index in [9.17, 15) is 0 Å². The molecule has 0 amide bonds. The fourth-order valence-electron chi connectivity index (χ4n) is 1.28. The van der Waals surface area contributed by atoms with Gasteiger partial charge in [-0.25, -0.2) is 4.98 Å². The molecule has 0 radical (unpaired) electrons. The minimum absolute atomic E-state index is 0.423. The molecule has 2 rings (SSSR count). The van der Waals surface area contributed by atoms with Crippen molar-refractivity contribution in [2.24, 2.45) is 5.73 Å². The Kier molecular flexibility index (Phi) is 3.08. The van der Waals surface area contributed by atoms with Crippen LogP contribution in [0.5, 0.6) is 0 Å². The SMILES string of the molecule is NC(=S)c1cnc(Cc2ccccc2)s1. The van der Waals surface area contributed by atoms with Crippen molar-refractivity contribution in [2.45, 2.75) is 6.42 Å². The summed E-state index contributed by atoms with van der Waals surface area (Å²) in [7, 11) is 0. The number of aromatic nitrogens is 1. The Labute approximate surface area is 97.8 Å². The number of thiocarbonyl (C=S) groups is 1. The van der Waals surface area contributed by atoms with E-state index in [0.29, 0.717) is 4.99 Å². The van der Waals surface area contributed by atoms with Gasteiger partial charge in [-0.3, -0.25) is 0 Å². The van der Waals surface area contributed by atoms with Crippen LogP contribution in [0.15, 0.2) is 36.5 Å². The lowest BCUT2D eigenvalue weighted by Crippen LogP contribution is -2.06. The summed E-state index contributed by atoms with van der Waals surface area (Å²) in [5, 5.41) is 1.05. The van der Waals surface area contributed by atoms with Gasteiger partial charge in [-0.2, -0.15) is 0 Å². The van der Waals surface area contributed by atoms with Gasteiger partial charge in [-0.1, -0.05) is 42.5 Å². The summed E-state index contributed by atoms with van der Waals surface area (Å²) in [5.41, 5.74) is 6.77. The van der Waals surface area contributed by atoms with Crippen LogP contribution in [0.4, 0.5) is 0 Å². The standard InChI is InChI=1S/C11H10N2S2/c12-11(14)9-7-13-10(15-9)6-8-4-2-1-3-5-8/h1-5,7H,6H2,(H2,12,14). The molecule has 1 heterocycles. The lowest BCUT2D eigenvalue weighted by Gasteiger charge is -1.95. The van der Waals surface area contributed by atoms with Gasteiger partial charge in [0.15, 0.2) is 0 Å². The molecule has 0 spiro atoms. The van der Waals surface area contributed by atoms with Crippen LogP contribution in [0.2, 0.25) is 0 Å². The Morgan fingerprint density at radius 1 is 1.33 bits per heavy atom. The number of thiazole rings is 1. The first-order valence-corrected chi connectivity index (χ1v) is 5.76. The highest BCUT2D eigenvalue weighted by atomic mass is 32.1. The molecule has 0 bridgehead atoms. The molecule has 2 aromatic rings. The summed E-state index contributed by atoms with van der Waals surface area (Å²) in [6.07, 6.45) is 2.58. The van der Waals surface area contributed by atoms with Gasteiger partial charge < -0.3 is 5.73 Å². The van der Waals surface area contributed by atoms with Crippen molar-refractivity contribution >= 4 is 28.5 Å². The van der Waals surface area contributed by atoms with E-state index in [-0.39, 0.29) is 0 Å². The molecule has 0 aliphatic carbocycles. The highest BCUT2D eigenvalue weighted by Crippen LogP contribution is 2.16. The Morgan fingerprint density at radius 3 is 2.67 bits per heavy atom. The maximum Gasteiger partial charge on any atom is 0.115 e. The Balaban J connectivity index is 2.15. The third-order valence-corrected chi connectivity index (χ3v) is 3.37. The van der Waals surface area contributed by atoms with Crippen molar-refractivity contribution in [2.75, 3.05) is 0 Å². The molecule has 0 saturated carbocycles. The molecule has 15 heavy (non-hydrogen) atoms. The molecule has 0 saturated heterocycles. The topological polar surface area (TPSA) is 38.9 Å². The summed E-state index contributed by atoms with van der Waals surface area (Å²) < 4.78 is 0. The van der Waals surface area contributed by atoms with Crippen LogP contribution >= 0.6 is 23.6 Å². The van der Waals surface area contributed by atoms with Gasteiger partial charge in [0.2, 0.25) is 0 Å². The third-order valence-electron chi connectivity index (χ3n) is 1.99. The van der Waals surface area contributed by atoms with Crippen molar-refractivity contribution in [3.63, 3.8) is 0 Å². The zero-order valence-electron chi connectivity index (χ0n) is 8.01. The third kappa shape index (κ3) is 2.61. The molecule has 4 heteroatoms. The predicted octanol–water partition coefficient (Wildman–Crippen LogP) is 2.37. The normalized spacial score (nSPS) is 10.1. The van der Waals surface area contributed by atoms with Crippen LogP contribution in [0.1, 0.15) is 15.4 Å². The molecule has 1 aromatic heterocycles. The summed E-state index contributed by atoms with van der Waals surface area (Å²) in [6, 6.07) is 10.2. The highest BCUT2D eigenvalue weighted by molar-refractivity contribution is 7.81. The van der Waals surface area contributed by atoms with E-state index in [4.69, 9.17) is 18.0 Å². The molecule has 0 unspecified atom stereocenters. The number of hydrogen-bond acceptors (Lipinski definition) is 3. The Morgan fingerprint density at radius 2 is 2.07 bits per heavy atom. The monoisotopic (exact) mass is 234 g/mol. The molecule has 0 fully saturated rings. The second-order valence-corrected chi connectivity index (χ2v) is 4.70. The summed E-state index contributed by atoms with van der Waals surface area (Å²) in [5.74, 6) is 0. The number of nitrogens with zero attached hydrogens (tertiary/aromatic N) is 1. The minimum Gasteiger partial charge on any atom is -0.389 e. The van der Waals surface area contributed by atoms with Crippen LogP contribution in [-0.4, -0.2) is 9.97 Å². The largest absolute Gasteiger partial charge is 0.389 e. The van der Waals surface area contributed by atoms with E-state index in [0.717, 1.165) is 16.3 Å². The second kappa shape index (κ2) is 4.51. The fourth-order valence-corrected chi connectivity index (χ4v) is 2.26. The minimum atomic E-state index is 0.423. The van der Waals surface area contributed by atoms with Crippen LogP contribution in [0.25, 0.3) is 0 Å². The number of rotatable bonds is 3. The van der Waals surface area contributed by atoms with E-state index in [1.54, 1.807) is 17.5 Å². The van der Waals surface area contributed by atoms with E-state index >= 15 is 0 Å². The van der Waals surface area contributed by atoms with E-state index < -0.39 is 0 Å². The highest BCUT2D eigenvalue weighted by Gasteiger charge is 2.04. The molecule has 76 valence electrons. The second-order valence-electron chi connectivity index (χ2n) is 3.14. The summed E-state index contributed by atoms with van der Waals surface area (Å²) in [4.78, 5) is 5.59. The maximum absolute atomic E-state index is 5.52. The Bertz CT molecular complexity index is 462.